The largest absolute Gasteiger partial charge is 0.337 e. The van der Waals surface area contributed by atoms with Gasteiger partial charge in [0, 0.05) is 18.0 Å². The van der Waals surface area contributed by atoms with Crippen LogP contribution in [0.25, 0.3) is 11.4 Å². The predicted octanol–water partition coefficient (Wildman–Crippen LogP) is 1.86. The number of pyridine rings is 1. The molecule has 1 aliphatic rings. The van der Waals surface area contributed by atoms with Crippen LogP contribution in [-0.4, -0.2) is 21.7 Å². The molecule has 2 aromatic rings. The van der Waals surface area contributed by atoms with Crippen molar-refractivity contribution in [3.63, 3.8) is 0 Å². The molecule has 88 valence electrons. The molecule has 0 unspecified atom stereocenters. The van der Waals surface area contributed by atoms with E-state index in [2.05, 4.69) is 20.4 Å². The Balaban J connectivity index is 1.92. The lowest BCUT2D eigenvalue weighted by Crippen LogP contribution is -2.12. The summed E-state index contributed by atoms with van der Waals surface area (Å²) in [4.78, 5) is 8.51. The summed E-state index contributed by atoms with van der Waals surface area (Å²) >= 11 is 0. The summed E-state index contributed by atoms with van der Waals surface area (Å²) in [5, 5.41) is 7.38. The fourth-order valence-electron chi connectivity index (χ4n) is 2.11. The topological polar surface area (TPSA) is 63.8 Å². The summed E-state index contributed by atoms with van der Waals surface area (Å²) in [5.41, 5.74) is 2.03. The van der Waals surface area contributed by atoms with E-state index in [1.807, 2.05) is 13.0 Å². The quantitative estimate of drug-likeness (QED) is 0.853. The average molecular weight is 230 g/mol. The van der Waals surface area contributed by atoms with Crippen LogP contribution in [0.4, 0.5) is 0 Å². The molecule has 1 atom stereocenters. The van der Waals surface area contributed by atoms with Crippen molar-refractivity contribution < 1.29 is 4.52 Å². The summed E-state index contributed by atoms with van der Waals surface area (Å²) in [6.45, 7) is 3.02. The van der Waals surface area contributed by atoms with Gasteiger partial charge in [0.1, 0.15) is 0 Å². The fourth-order valence-corrected chi connectivity index (χ4v) is 2.11. The Morgan fingerprint density at radius 2 is 2.41 bits per heavy atom. The molecule has 3 heterocycles. The van der Waals surface area contributed by atoms with E-state index in [0.29, 0.717) is 11.7 Å². The lowest BCUT2D eigenvalue weighted by molar-refractivity contribution is 0.345. The second kappa shape index (κ2) is 4.25. The van der Waals surface area contributed by atoms with Gasteiger partial charge in [-0.15, -0.1) is 0 Å². The predicted molar refractivity (Wildman–Crippen MR) is 62.2 cm³/mol. The Morgan fingerprint density at radius 1 is 1.47 bits per heavy atom. The number of hydrogen-bond donors (Lipinski definition) is 1. The summed E-state index contributed by atoms with van der Waals surface area (Å²) in [5.74, 6) is 1.34. The van der Waals surface area contributed by atoms with E-state index >= 15 is 0 Å². The molecule has 0 radical (unpaired) electrons. The number of aryl methyl sites for hydroxylation is 1. The Hall–Kier alpha value is -1.75. The van der Waals surface area contributed by atoms with Crippen LogP contribution in [-0.2, 0) is 0 Å². The van der Waals surface area contributed by atoms with Crippen LogP contribution in [0.1, 0.15) is 30.3 Å². The van der Waals surface area contributed by atoms with Crippen molar-refractivity contribution in [3.05, 3.63) is 29.9 Å². The third kappa shape index (κ3) is 1.93. The van der Waals surface area contributed by atoms with E-state index in [9.17, 15) is 0 Å². The molecule has 1 N–H and O–H groups in total. The minimum Gasteiger partial charge on any atom is -0.337 e. The Labute approximate surface area is 99.3 Å². The van der Waals surface area contributed by atoms with Gasteiger partial charge in [0.25, 0.3) is 0 Å². The molecule has 1 saturated heterocycles. The first-order valence-electron chi connectivity index (χ1n) is 5.82. The van der Waals surface area contributed by atoms with Gasteiger partial charge in [-0.05, 0) is 37.9 Å². The number of rotatable bonds is 2. The molecule has 2 aromatic heterocycles. The van der Waals surface area contributed by atoms with Gasteiger partial charge in [-0.3, -0.25) is 4.98 Å². The van der Waals surface area contributed by atoms with Crippen LogP contribution in [0.15, 0.2) is 23.0 Å². The maximum Gasteiger partial charge on any atom is 0.244 e. The second-order valence-electron chi connectivity index (χ2n) is 4.30. The van der Waals surface area contributed by atoms with Crippen LogP contribution in [0.3, 0.4) is 0 Å². The lowest BCUT2D eigenvalue weighted by Gasteiger charge is -2.01. The molecule has 1 fully saturated rings. The van der Waals surface area contributed by atoms with Gasteiger partial charge in [0.15, 0.2) is 0 Å². The molecule has 17 heavy (non-hydrogen) atoms. The molecule has 0 spiro atoms. The zero-order valence-electron chi connectivity index (χ0n) is 9.68. The van der Waals surface area contributed by atoms with Crippen molar-refractivity contribution in [2.24, 2.45) is 0 Å². The highest BCUT2D eigenvalue weighted by atomic mass is 16.5. The molecule has 5 nitrogen and oxygen atoms in total. The number of nitrogens with zero attached hydrogens (tertiary/aromatic N) is 3. The van der Waals surface area contributed by atoms with E-state index in [0.717, 1.165) is 30.5 Å². The standard InChI is InChI=1S/C12H14N4O/c1-8-7-13-6-4-9(8)11-15-12(17-16-11)10-3-2-5-14-10/h4,6-7,10,14H,2-3,5H2,1H3/t10-/m0/s1. The van der Waals surface area contributed by atoms with E-state index in [4.69, 9.17) is 4.52 Å². The van der Waals surface area contributed by atoms with Crippen LogP contribution in [0, 0.1) is 6.92 Å². The molecule has 0 bridgehead atoms. The fraction of sp³-hybridized carbons (Fsp3) is 0.417. The van der Waals surface area contributed by atoms with Gasteiger partial charge in [-0.2, -0.15) is 4.98 Å². The first-order valence-corrected chi connectivity index (χ1v) is 5.82. The highest BCUT2D eigenvalue weighted by Crippen LogP contribution is 2.25. The normalized spacial score (nSPS) is 19.7. The number of nitrogens with one attached hydrogen (secondary N) is 1. The molecule has 0 amide bonds. The van der Waals surface area contributed by atoms with Crippen LogP contribution in [0.2, 0.25) is 0 Å². The van der Waals surface area contributed by atoms with Crippen molar-refractivity contribution >= 4 is 0 Å². The van der Waals surface area contributed by atoms with Crippen molar-refractivity contribution in [1.82, 2.24) is 20.4 Å². The molecule has 0 aromatic carbocycles. The number of aromatic nitrogens is 3. The Kier molecular flexibility index (Phi) is 2.60. The van der Waals surface area contributed by atoms with Crippen LogP contribution >= 0.6 is 0 Å². The third-order valence-corrected chi connectivity index (χ3v) is 3.06. The first-order chi connectivity index (χ1) is 8.34. The second-order valence-corrected chi connectivity index (χ2v) is 4.30. The van der Waals surface area contributed by atoms with Gasteiger partial charge in [-0.1, -0.05) is 5.16 Å². The zero-order chi connectivity index (χ0) is 11.7. The maximum atomic E-state index is 5.31. The van der Waals surface area contributed by atoms with Gasteiger partial charge >= 0.3 is 0 Å². The molecule has 0 aliphatic carbocycles. The summed E-state index contributed by atoms with van der Waals surface area (Å²) in [7, 11) is 0. The van der Waals surface area contributed by atoms with Gasteiger partial charge in [0.05, 0.1) is 6.04 Å². The molecular weight excluding hydrogens is 216 g/mol. The van der Waals surface area contributed by atoms with Gasteiger partial charge < -0.3 is 9.84 Å². The summed E-state index contributed by atoms with van der Waals surface area (Å²) in [6.07, 6.45) is 5.78. The first kappa shape index (κ1) is 10.4. The molecule has 0 saturated carbocycles. The van der Waals surface area contributed by atoms with E-state index in [1.165, 1.54) is 0 Å². The Bertz CT molecular complexity index is 517. The minimum atomic E-state index is 0.221. The van der Waals surface area contributed by atoms with Crippen molar-refractivity contribution in [3.8, 4) is 11.4 Å². The zero-order valence-corrected chi connectivity index (χ0v) is 9.68. The molecule has 5 heteroatoms. The van der Waals surface area contributed by atoms with Crippen LogP contribution in [0.5, 0.6) is 0 Å². The third-order valence-electron chi connectivity index (χ3n) is 3.06. The molecule has 1 aliphatic heterocycles. The van der Waals surface area contributed by atoms with Crippen molar-refractivity contribution in [1.29, 1.82) is 0 Å². The van der Waals surface area contributed by atoms with E-state index in [1.54, 1.807) is 12.4 Å². The van der Waals surface area contributed by atoms with Crippen molar-refractivity contribution in [2.45, 2.75) is 25.8 Å². The summed E-state index contributed by atoms with van der Waals surface area (Å²) < 4.78 is 5.31. The van der Waals surface area contributed by atoms with Gasteiger partial charge in [0.2, 0.25) is 11.7 Å². The highest BCUT2D eigenvalue weighted by molar-refractivity contribution is 5.57. The smallest absolute Gasteiger partial charge is 0.244 e. The lowest BCUT2D eigenvalue weighted by atomic mass is 10.1. The number of hydrogen-bond acceptors (Lipinski definition) is 5. The Morgan fingerprint density at radius 3 is 3.18 bits per heavy atom. The molecule has 3 rings (SSSR count). The monoisotopic (exact) mass is 230 g/mol. The van der Waals surface area contributed by atoms with Crippen LogP contribution < -0.4 is 5.32 Å². The van der Waals surface area contributed by atoms with E-state index < -0.39 is 0 Å². The summed E-state index contributed by atoms with van der Waals surface area (Å²) in [6, 6.07) is 2.13. The highest BCUT2D eigenvalue weighted by Gasteiger charge is 2.22. The minimum absolute atomic E-state index is 0.221. The molecular formula is C12H14N4O. The van der Waals surface area contributed by atoms with Gasteiger partial charge in [-0.25, -0.2) is 0 Å². The maximum absolute atomic E-state index is 5.31. The van der Waals surface area contributed by atoms with E-state index in [-0.39, 0.29) is 6.04 Å². The average Bonchev–Trinajstić information content (AvgIpc) is 3.00. The van der Waals surface area contributed by atoms with Crippen molar-refractivity contribution in [2.75, 3.05) is 6.54 Å². The SMILES string of the molecule is Cc1cnccc1-c1noc([C@@H]2CCCN2)n1.